The molecule has 0 aliphatic carbocycles. The quantitative estimate of drug-likeness (QED) is 0.885. The Morgan fingerprint density at radius 1 is 1.50 bits per heavy atom. The summed E-state index contributed by atoms with van der Waals surface area (Å²) in [4.78, 5) is 2.28. The lowest BCUT2D eigenvalue weighted by Gasteiger charge is -2.33. The summed E-state index contributed by atoms with van der Waals surface area (Å²) in [5.41, 5.74) is 8.91. The minimum absolute atomic E-state index is 0.0236. The Balaban J connectivity index is 2.07. The molecule has 3 heteroatoms. The van der Waals surface area contributed by atoms with Gasteiger partial charge in [0.25, 0.3) is 0 Å². The Morgan fingerprint density at radius 2 is 2.33 bits per heavy atom. The molecule has 1 fully saturated rings. The van der Waals surface area contributed by atoms with Gasteiger partial charge in [-0.3, -0.25) is 0 Å². The predicted molar refractivity (Wildman–Crippen MR) is 74.6 cm³/mol. The predicted octanol–water partition coefficient (Wildman–Crippen LogP) is 1.97. The van der Waals surface area contributed by atoms with E-state index < -0.39 is 0 Å². The van der Waals surface area contributed by atoms with E-state index in [1.165, 1.54) is 17.5 Å². The van der Waals surface area contributed by atoms with Crippen molar-refractivity contribution in [3.8, 4) is 0 Å². The highest BCUT2D eigenvalue weighted by molar-refractivity contribution is 5.27. The molecule has 1 aliphatic heterocycles. The number of morpholine rings is 1. The van der Waals surface area contributed by atoms with Crippen LogP contribution in [0.2, 0.25) is 0 Å². The van der Waals surface area contributed by atoms with Crippen molar-refractivity contribution in [2.24, 2.45) is 5.73 Å². The second-order valence-corrected chi connectivity index (χ2v) is 5.19. The van der Waals surface area contributed by atoms with Gasteiger partial charge in [-0.15, -0.1) is 0 Å². The summed E-state index contributed by atoms with van der Waals surface area (Å²) in [5.74, 6) is 0. The minimum atomic E-state index is -0.0236. The number of benzene rings is 1. The Morgan fingerprint density at radius 3 is 3.06 bits per heavy atom. The Labute approximate surface area is 110 Å². The molecule has 100 valence electrons. The third-order valence-corrected chi connectivity index (χ3v) is 3.57. The van der Waals surface area contributed by atoms with E-state index in [1.807, 2.05) is 0 Å². The van der Waals surface area contributed by atoms with Gasteiger partial charge in [0.1, 0.15) is 0 Å². The van der Waals surface area contributed by atoms with Gasteiger partial charge in [0, 0.05) is 13.1 Å². The summed E-state index contributed by atoms with van der Waals surface area (Å²) < 4.78 is 5.80. The van der Waals surface area contributed by atoms with Gasteiger partial charge in [-0.25, -0.2) is 0 Å². The molecule has 0 saturated carbocycles. The average Bonchev–Trinajstić information content (AvgIpc) is 2.39. The van der Waals surface area contributed by atoms with E-state index in [0.717, 1.165) is 26.1 Å². The lowest BCUT2D eigenvalue weighted by Crippen LogP contribution is -2.45. The molecule has 0 aromatic heterocycles. The molecule has 1 saturated heterocycles. The largest absolute Gasteiger partial charge is 0.374 e. The van der Waals surface area contributed by atoms with E-state index >= 15 is 0 Å². The second-order valence-electron chi connectivity index (χ2n) is 5.19. The lowest BCUT2D eigenvalue weighted by molar-refractivity contribution is -0.0326. The standard InChI is InChI=1S/C15H24N2O/c1-3-5-12-6-4-7-13(10-12)15(16)14-11-17(2)8-9-18-14/h4,6-7,10,14-15H,3,5,8-9,11,16H2,1-2H3. The third-order valence-electron chi connectivity index (χ3n) is 3.57. The molecule has 1 aliphatic rings. The van der Waals surface area contributed by atoms with E-state index in [2.05, 4.69) is 43.1 Å². The van der Waals surface area contributed by atoms with Crippen LogP contribution >= 0.6 is 0 Å². The number of hydrogen-bond donors (Lipinski definition) is 1. The molecular formula is C15H24N2O. The summed E-state index contributed by atoms with van der Waals surface area (Å²) in [6.45, 7) is 4.90. The maximum atomic E-state index is 6.35. The van der Waals surface area contributed by atoms with Gasteiger partial charge >= 0.3 is 0 Å². The zero-order valence-electron chi connectivity index (χ0n) is 11.4. The van der Waals surface area contributed by atoms with Crippen LogP contribution < -0.4 is 5.73 Å². The van der Waals surface area contributed by atoms with Crippen molar-refractivity contribution in [1.82, 2.24) is 4.90 Å². The van der Waals surface area contributed by atoms with Crippen LogP contribution in [0.15, 0.2) is 24.3 Å². The van der Waals surface area contributed by atoms with Gasteiger partial charge in [-0.2, -0.15) is 0 Å². The van der Waals surface area contributed by atoms with Crippen LogP contribution in [-0.2, 0) is 11.2 Å². The molecule has 0 bridgehead atoms. The van der Waals surface area contributed by atoms with Crippen LogP contribution in [0.25, 0.3) is 0 Å². The molecule has 18 heavy (non-hydrogen) atoms. The second kappa shape index (κ2) is 6.32. The van der Waals surface area contributed by atoms with Crippen LogP contribution in [0, 0.1) is 0 Å². The molecule has 3 nitrogen and oxygen atoms in total. The summed E-state index contributed by atoms with van der Waals surface area (Å²) >= 11 is 0. The van der Waals surface area contributed by atoms with Crippen LogP contribution in [0.4, 0.5) is 0 Å². The normalized spacial score (nSPS) is 22.9. The van der Waals surface area contributed by atoms with Crippen molar-refractivity contribution >= 4 is 0 Å². The molecule has 0 amide bonds. The highest BCUT2D eigenvalue weighted by atomic mass is 16.5. The average molecular weight is 248 g/mol. The molecule has 2 N–H and O–H groups in total. The number of ether oxygens (including phenoxy) is 1. The van der Waals surface area contributed by atoms with Crippen molar-refractivity contribution in [1.29, 1.82) is 0 Å². The van der Waals surface area contributed by atoms with Crippen molar-refractivity contribution in [2.45, 2.75) is 31.9 Å². The fraction of sp³-hybridized carbons (Fsp3) is 0.600. The van der Waals surface area contributed by atoms with Gasteiger partial charge in [-0.05, 0) is 24.6 Å². The Hall–Kier alpha value is -0.900. The van der Waals surface area contributed by atoms with Crippen LogP contribution in [0.3, 0.4) is 0 Å². The number of nitrogens with two attached hydrogens (primary N) is 1. The van der Waals surface area contributed by atoms with Gasteiger partial charge in [0.2, 0.25) is 0 Å². The summed E-state index contributed by atoms with van der Waals surface area (Å²) in [6.07, 6.45) is 2.40. The zero-order chi connectivity index (χ0) is 13.0. The number of rotatable bonds is 4. The SMILES string of the molecule is CCCc1cccc(C(N)C2CN(C)CCO2)c1. The molecule has 1 aromatic rings. The van der Waals surface area contributed by atoms with Crippen molar-refractivity contribution in [3.05, 3.63) is 35.4 Å². The van der Waals surface area contributed by atoms with Crippen LogP contribution in [0.1, 0.15) is 30.5 Å². The van der Waals surface area contributed by atoms with E-state index in [0.29, 0.717) is 0 Å². The van der Waals surface area contributed by atoms with E-state index in [-0.39, 0.29) is 12.1 Å². The van der Waals surface area contributed by atoms with Crippen molar-refractivity contribution in [2.75, 3.05) is 26.7 Å². The van der Waals surface area contributed by atoms with Gasteiger partial charge in [-0.1, -0.05) is 37.6 Å². The first-order valence-corrected chi connectivity index (χ1v) is 6.85. The monoisotopic (exact) mass is 248 g/mol. The first-order valence-electron chi connectivity index (χ1n) is 6.85. The Bertz CT molecular complexity index is 381. The number of hydrogen-bond acceptors (Lipinski definition) is 3. The van der Waals surface area contributed by atoms with E-state index in [9.17, 15) is 0 Å². The molecule has 2 rings (SSSR count). The van der Waals surface area contributed by atoms with Gasteiger partial charge < -0.3 is 15.4 Å². The zero-order valence-corrected chi connectivity index (χ0v) is 11.4. The minimum Gasteiger partial charge on any atom is -0.374 e. The maximum Gasteiger partial charge on any atom is 0.0894 e. The van der Waals surface area contributed by atoms with Gasteiger partial charge in [0.15, 0.2) is 0 Å². The fourth-order valence-corrected chi connectivity index (χ4v) is 2.49. The van der Waals surface area contributed by atoms with Crippen molar-refractivity contribution < 1.29 is 4.74 Å². The highest BCUT2D eigenvalue weighted by Gasteiger charge is 2.25. The Kier molecular flexibility index (Phi) is 4.75. The molecule has 2 unspecified atom stereocenters. The first kappa shape index (κ1) is 13.5. The van der Waals surface area contributed by atoms with Crippen molar-refractivity contribution in [3.63, 3.8) is 0 Å². The lowest BCUT2D eigenvalue weighted by atomic mass is 9.98. The van der Waals surface area contributed by atoms with Gasteiger partial charge in [0.05, 0.1) is 18.8 Å². The number of likely N-dealkylation sites (N-methyl/N-ethyl adjacent to an activating group) is 1. The van der Waals surface area contributed by atoms with Crippen LogP contribution in [-0.4, -0.2) is 37.7 Å². The smallest absolute Gasteiger partial charge is 0.0894 e. The molecule has 1 aromatic carbocycles. The van der Waals surface area contributed by atoms with E-state index in [4.69, 9.17) is 10.5 Å². The summed E-state index contributed by atoms with van der Waals surface area (Å²) in [6, 6.07) is 8.60. The molecule has 0 spiro atoms. The summed E-state index contributed by atoms with van der Waals surface area (Å²) in [7, 11) is 2.12. The molecular weight excluding hydrogens is 224 g/mol. The number of nitrogens with zero attached hydrogens (tertiary/aromatic N) is 1. The highest BCUT2D eigenvalue weighted by Crippen LogP contribution is 2.21. The fourth-order valence-electron chi connectivity index (χ4n) is 2.49. The number of aryl methyl sites for hydroxylation is 1. The molecule has 1 heterocycles. The van der Waals surface area contributed by atoms with Crippen LogP contribution in [0.5, 0.6) is 0 Å². The topological polar surface area (TPSA) is 38.5 Å². The summed E-state index contributed by atoms with van der Waals surface area (Å²) in [5, 5.41) is 0. The third kappa shape index (κ3) is 3.31. The molecule has 2 atom stereocenters. The maximum absolute atomic E-state index is 6.35. The first-order chi connectivity index (χ1) is 8.70. The molecule has 0 radical (unpaired) electrons. The van der Waals surface area contributed by atoms with E-state index in [1.54, 1.807) is 0 Å².